The highest BCUT2D eigenvalue weighted by Gasteiger charge is 2.17. The second kappa shape index (κ2) is 9.01. The van der Waals surface area contributed by atoms with Crippen LogP contribution in [0.4, 0.5) is 0 Å². The van der Waals surface area contributed by atoms with Crippen LogP contribution in [0.1, 0.15) is 44.9 Å². The van der Waals surface area contributed by atoms with E-state index in [0.29, 0.717) is 42.4 Å². The predicted octanol–water partition coefficient (Wildman–Crippen LogP) is 3.60. The van der Waals surface area contributed by atoms with Crippen LogP contribution in [-0.2, 0) is 24.8 Å². The van der Waals surface area contributed by atoms with Crippen LogP contribution in [-0.4, -0.2) is 33.0 Å². The molecule has 2 heterocycles. The predicted molar refractivity (Wildman–Crippen MR) is 110 cm³/mol. The van der Waals surface area contributed by atoms with Gasteiger partial charge in [-0.25, -0.2) is 4.98 Å². The number of rotatable bonds is 9. The molecule has 0 aliphatic heterocycles. The highest BCUT2D eigenvalue weighted by molar-refractivity contribution is 5.79. The quantitative estimate of drug-likeness (QED) is 0.609. The molecule has 7 heteroatoms. The fraction of sp³-hybridized carbons (Fsp3) is 0.476. The van der Waals surface area contributed by atoms with Gasteiger partial charge in [0.15, 0.2) is 5.52 Å². The number of nitrogens with one attached hydrogen (secondary N) is 1. The van der Waals surface area contributed by atoms with Gasteiger partial charge in [0.05, 0.1) is 24.5 Å². The molecule has 1 N–H and O–H groups in total. The molecule has 0 fully saturated rings. The maximum absolute atomic E-state index is 12.8. The minimum atomic E-state index is -0.200. The van der Waals surface area contributed by atoms with Crippen LogP contribution in [0.3, 0.4) is 0 Å². The summed E-state index contributed by atoms with van der Waals surface area (Å²) < 4.78 is 13.1. The number of aromatic amines is 1. The lowest BCUT2D eigenvalue weighted by Gasteiger charge is -2.13. The summed E-state index contributed by atoms with van der Waals surface area (Å²) in [5.41, 5.74) is 3.55. The van der Waals surface area contributed by atoms with Gasteiger partial charge in [-0.05, 0) is 37.5 Å². The first kappa shape index (κ1) is 20.1. The van der Waals surface area contributed by atoms with Gasteiger partial charge in [0.2, 0.25) is 0 Å². The van der Waals surface area contributed by atoms with Gasteiger partial charge >= 0.3 is 0 Å². The van der Waals surface area contributed by atoms with E-state index in [1.54, 1.807) is 11.7 Å². The molecule has 0 unspecified atom stereocenters. The van der Waals surface area contributed by atoms with Crippen molar-refractivity contribution in [2.75, 3.05) is 13.2 Å². The molecule has 3 aromatic rings. The second-order valence-electron chi connectivity index (χ2n) is 6.75. The largest absolute Gasteiger partial charge is 0.493 e. The molecule has 2 aromatic heterocycles. The van der Waals surface area contributed by atoms with Crippen LogP contribution in [0.25, 0.3) is 22.4 Å². The van der Waals surface area contributed by atoms with Crippen molar-refractivity contribution in [2.45, 2.75) is 46.6 Å². The summed E-state index contributed by atoms with van der Waals surface area (Å²) in [6, 6.07) is 5.87. The Morgan fingerprint density at radius 3 is 2.71 bits per heavy atom. The van der Waals surface area contributed by atoms with E-state index in [-0.39, 0.29) is 5.56 Å². The molecule has 0 amide bonds. The zero-order valence-corrected chi connectivity index (χ0v) is 17.0. The number of fused-ring (bicyclic) bond motifs is 1. The molecular weight excluding hydrogens is 356 g/mol. The number of H-pyrrole nitrogens is 1. The van der Waals surface area contributed by atoms with E-state index in [9.17, 15) is 4.79 Å². The van der Waals surface area contributed by atoms with Crippen LogP contribution in [0.2, 0.25) is 0 Å². The number of aromatic nitrogens is 4. The molecule has 150 valence electrons. The molecular formula is C21H28N4O3. The van der Waals surface area contributed by atoms with E-state index < -0.39 is 0 Å². The summed E-state index contributed by atoms with van der Waals surface area (Å²) >= 11 is 0. The van der Waals surface area contributed by atoms with Crippen molar-refractivity contribution < 1.29 is 9.47 Å². The summed E-state index contributed by atoms with van der Waals surface area (Å²) in [6.45, 7) is 7.84. The van der Waals surface area contributed by atoms with Crippen LogP contribution >= 0.6 is 0 Å². The summed E-state index contributed by atoms with van der Waals surface area (Å²) in [5, 5.41) is 4.49. The number of aryl methyl sites for hydroxylation is 2. The van der Waals surface area contributed by atoms with Gasteiger partial charge in [0, 0.05) is 13.7 Å². The minimum Gasteiger partial charge on any atom is -0.493 e. The van der Waals surface area contributed by atoms with Crippen molar-refractivity contribution in [1.82, 2.24) is 19.7 Å². The Hall–Kier alpha value is -2.67. The smallest absolute Gasteiger partial charge is 0.277 e. The van der Waals surface area contributed by atoms with Gasteiger partial charge in [-0.3, -0.25) is 9.48 Å². The average molecular weight is 384 g/mol. The van der Waals surface area contributed by atoms with Crippen LogP contribution < -0.4 is 10.3 Å². The molecule has 3 rings (SSSR count). The average Bonchev–Trinajstić information content (AvgIpc) is 3.01. The number of ether oxygens (including phenoxy) is 2. The normalized spacial score (nSPS) is 11.3. The van der Waals surface area contributed by atoms with Crippen molar-refractivity contribution in [2.24, 2.45) is 7.05 Å². The molecule has 0 atom stereocenters. The molecule has 0 spiro atoms. The monoisotopic (exact) mass is 384 g/mol. The molecule has 0 bridgehead atoms. The molecule has 0 saturated carbocycles. The Balaban J connectivity index is 2.16. The first-order chi connectivity index (χ1) is 13.6. The summed E-state index contributed by atoms with van der Waals surface area (Å²) in [6.07, 6.45) is 2.60. The van der Waals surface area contributed by atoms with E-state index in [2.05, 4.69) is 23.9 Å². The van der Waals surface area contributed by atoms with Crippen LogP contribution in [0, 0.1) is 0 Å². The van der Waals surface area contributed by atoms with Crippen molar-refractivity contribution in [3.63, 3.8) is 0 Å². The lowest BCUT2D eigenvalue weighted by molar-refractivity contribution is 0.134. The molecule has 7 nitrogen and oxygen atoms in total. The van der Waals surface area contributed by atoms with E-state index >= 15 is 0 Å². The zero-order valence-electron chi connectivity index (χ0n) is 17.0. The molecule has 0 aliphatic carbocycles. The van der Waals surface area contributed by atoms with Gasteiger partial charge in [0.1, 0.15) is 17.1 Å². The first-order valence-electron chi connectivity index (χ1n) is 9.88. The van der Waals surface area contributed by atoms with Crippen molar-refractivity contribution in [3.05, 3.63) is 39.8 Å². The summed E-state index contributed by atoms with van der Waals surface area (Å²) in [4.78, 5) is 20.5. The van der Waals surface area contributed by atoms with Gasteiger partial charge in [-0.2, -0.15) is 5.10 Å². The lowest BCUT2D eigenvalue weighted by Crippen LogP contribution is -2.13. The Labute approximate surface area is 164 Å². The third-order valence-electron chi connectivity index (χ3n) is 4.48. The maximum Gasteiger partial charge on any atom is 0.277 e. The molecule has 0 saturated heterocycles. The Morgan fingerprint density at radius 2 is 2.00 bits per heavy atom. The number of benzene rings is 1. The Kier molecular flexibility index (Phi) is 6.46. The maximum atomic E-state index is 12.8. The van der Waals surface area contributed by atoms with Crippen molar-refractivity contribution in [1.29, 1.82) is 0 Å². The van der Waals surface area contributed by atoms with Crippen molar-refractivity contribution in [3.8, 4) is 17.1 Å². The van der Waals surface area contributed by atoms with Gasteiger partial charge < -0.3 is 14.5 Å². The second-order valence-corrected chi connectivity index (χ2v) is 6.75. The molecule has 28 heavy (non-hydrogen) atoms. The Morgan fingerprint density at radius 1 is 1.18 bits per heavy atom. The van der Waals surface area contributed by atoms with E-state index in [0.717, 1.165) is 36.1 Å². The van der Waals surface area contributed by atoms with E-state index in [1.807, 2.05) is 25.1 Å². The van der Waals surface area contributed by atoms with Gasteiger partial charge in [-0.15, -0.1) is 0 Å². The molecule has 1 aromatic carbocycles. The minimum absolute atomic E-state index is 0.200. The fourth-order valence-electron chi connectivity index (χ4n) is 3.19. The summed E-state index contributed by atoms with van der Waals surface area (Å²) in [7, 11) is 1.77. The zero-order chi connectivity index (χ0) is 20.1. The molecule has 0 radical (unpaired) electrons. The van der Waals surface area contributed by atoms with Crippen LogP contribution in [0.5, 0.6) is 5.75 Å². The number of hydrogen-bond acceptors (Lipinski definition) is 5. The van der Waals surface area contributed by atoms with Crippen molar-refractivity contribution >= 4 is 11.0 Å². The lowest BCUT2D eigenvalue weighted by atomic mass is 10.1. The summed E-state index contributed by atoms with van der Waals surface area (Å²) in [5.74, 6) is 1.19. The van der Waals surface area contributed by atoms with Gasteiger partial charge in [0.25, 0.3) is 5.56 Å². The van der Waals surface area contributed by atoms with E-state index in [1.165, 1.54) is 0 Å². The topological polar surface area (TPSA) is 82.0 Å². The third-order valence-corrected chi connectivity index (χ3v) is 4.48. The Bertz CT molecular complexity index is 1010. The third kappa shape index (κ3) is 4.09. The fourth-order valence-corrected chi connectivity index (χ4v) is 3.19. The molecule has 0 aliphatic rings. The van der Waals surface area contributed by atoms with Crippen LogP contribution in [0.15, 0.2) is 23.0 Å². The highest BCUT2D eigenvalue weighted by Crippen LogP contribution is 2.30. The highest BCUT2D eigenvalue weighted by atomic mass is 16.5. The first-order valence-corrected chi connectivity index (χ1v) is 9.88. The van der Waals surface area contributed by atoms with Gasteiger partial charge in [-0.1, -0.05) is 26.3 Å². The standard InChI is InChI=1S/C21H28N4O3/c1-5-8-16-18-19(25(4)24-16)21(26)23-20(22-18)15-12-14(13-27-7-3)9-10-17(15)28-11-6-2/h9-10,12H,5-8,11,13H2,1-4H3,(H,22,23,26). The number of hydrogen-bond donors (Lipinski definition) is 1. The van der Waals surface area contributed by atoms with E-state index in [4.69, 9.17) is 14.5 Å². The number of nitrogens with zero attached hydrogens (tertiary/aromatic N) is 3. The SMILES string of the molecule is CCCOc1ccc(COCC)cc1-c1nc2c(CCC)nn(C)c2c(=O)[nH]1.